The lowest BCUT2D eigenvalue weighted by Crippen LogP contribution is -2.22. The van der Waals surface area contributed by atoms with Gasteiger partial charge in [0.05, 0.1) is 19.6 Å². The van der Waals surface area contributed by atoms with Gasteiger partial charge in [0.1, 0.15) is 5.75 Å². The third-order valence-corrected chi connectivity index (χ3v) is 3.93. The van der Waals surface area contributed by atoms with Crippen LogP contribution in [0.3, 0.4) is 0 Å². The lowest BCUT2D eigenvalue weighted by molar-refractivity contribution is -0.142. The second-order valence-corrected chi connectivity index (χ2v) is 8.28. The van der Waals surface area contributed by atoms with Gasteiger partial charge in [0.2, 0.25) is 0 Å². The van der Waals surface area contributed by atoms with Gasteiger partial charge in [0.25, 0.3) is 0 Å². The van der Waals surface area contributed by atoms with Crippen LogP contribution in [0.25, 0.3) is 0 Å². The van der Waals surface area contributed by atoms with Crippen molar-refractivity contribution in [1.82, 2.24) is 0 Å². The molecule has 0 N–H and O–H groups in total. The van der Waals surface area contributed by atoms with Crippen LogP contribution in [0.2, 0.25) is 0 Å². The van der Waals surface area contributed by atoms with E-state index in [1.165, 1.54) is 0 Å². The van der Waals surface area contributed by atoms with Gasteiger partial charge in [-0.25, -0.2) is 4.79 Å². The minimum atomic E-state index is -0.772. The molecule has 0 amide bonds. The molecule has 0 bridgehead atoms. The first-order valence-electron chi connectivity index (χ1n) is 9.08. The molecule has 146 valence electrons. The maximum absolute atomic E-state index is 12.1. The number of ether oxygens (including phenoxy) is 3. The summed E-state index contributed by atoms with van der Waals surface area (Å²) in [6.45, 7) is 16.4. The van der Waals surface area contributed by atoms with Crippen molar-refractivity contribution in [2.45, 2.75) is 72.6 Å². The van der Waals surface area contributed by atoms with Crippen molar-refractivity contribution in [3.8, 4) is 5.75 Å². The summed E-state index contributed by atoms with van der Waals surface area (Å²) in [5.41, 5.74) is 2.15. The summed E-state index contributed by atoms with van der Waals surface area (Å²) in [6, 6.07) is 3.96. The molecule has 0 aliphatic rings. The van der Waals surface area contributed by atoms with E-state index in [0.29, 0.717) is 17.9 Å². The lowest BCUT2D eigenvalue weighted by Gasteiger charge is -2.28. The first-order chi connectivity index (χ1) is 11.9. The summed E-state index contributed by atoms with van der Waals surface area (Å²) >= 11 is 0. The first-order valence-corrected chi connectivity index (χ1v) is 9.08. The smallest absolute Gasteiger partial charge is 0.466 e. The molecule has 1 rings (SSSR count). The number of carbonyl (C=O) groups excluding carboxylic acids is 2. The molecule has 5 nitrogen and oxygen atoms in total. The third-order valence-electron chi connectivity index (χ3n) is 3.93. The quantitative estimate of drug-likeness (QED) is 0.548. The van der Waals surface area contributed by atoms with Gasteiger partial charge in [0.15, 0.2) is 0 Å². The molecular weight excluding hydrogens is 332 g/mol. The van der Waals surface area contributed by atoms with Crippen LogP contribution >= 0.6 is 0 Å². The number of hydrogen-bond donors (Lipinski definition) is 0. The molecule has 0 spiro atoms. The van der Waals surface area contributed by atoms with E-state index in [2.05, 4.69) is 20.8 Å². The van der Waals surface area contributed by atoms with Crippen molar-refractivity contribution >= 4 is 12.1 Å². The van der Waals surface area contributed by atoms with E-state index in [1.807, 2.05) is 32.9 Å². The fraction of sp³-hybridized carbons (Fsp3) is 0.619. The molecule has 0 aliphatic carbocycles. The lowest BCUT2D eigenvalue weighted by atomic mass is 9.78. The van der Waals surface area contributed by atoms with Crippen LogP contribution in [-0.4, -0.2) is 25.3 Å². The molecule has 0 aliphatic heterocycles. The molecule has 0 heterocycles. The van der Waals surface area contributed by atoms with Gasteiger partial charge in [-0.3, -0.25) is 4.79 Å². The average Bonchev–Trinajstić information content (AvgIpc) is 2.46. The molecule has 0 saturated heterocycles. The molecule has 26 heavy (non-hydrogen) atoms. The summed E-state index contributed by atoms with van der Waals surface area (Å²) in [6.07, 6.45) is -0.734. The number of carbonyl (C=O) groups is 2. The van der Waals surface area contributed by atoms with Crippen LogP contribution in [0.5, 0.6) is 5.75 Å². The summed E-state index contributed by atoms with van der Waals surface area (Å²) in [7, 11) is 0. The molecule has 1 aromatic carbocycles. The predicted octanol–water partition coefficient (Wildman–Crippen LogP) is 4.92. The third kappa shape index (κ3) is 6.04. The van der Waals surface area contributed by atoms with E-state index >= 15 is 0 Å². The molecular formula is C21H32O5. The molecule has 0 radical (unpaired) electrons. The largest absolute Gasteiger partial charge is 0.513 e. The highest BCUT2D eigenvalue weighted by molar-refractivity contribution is 5.75. The first kappa shape index (κ1) is 22.0. The Balaban J connectivity index is 3.57. The number of esters is 1. The molecule has 0 saturated carbocycles. The fourth-order valence-electron chi connectivity index (χ4n) is 2.53. The zero-order chi connectivity index (χ0) is 20.1. The Morgan fingerprint density at radius 2 is 1.46 bits per heavy atom. The van der Waals surface area contributed by atoms with Crippen LogP contribution in [0.15, 0.2) is 12.1 Å². The molecule has 5 heteroatoms. The highest BCUT2D eigenvalue weighted by atomic mass is 16.7. The Hall–Kier alpha value is -2.04. The van der Waals surface area contributed by atoms with Gasteiger partial charge in [0, 0.05) is 11.1 Å². The normalized spacial score (nSPS) is 11.8. The Bertz CT molecular complexity index is 648. The van der Waals surface area contributed by atoms with Crippen molar-refractivity contribution in [3.05, 3.63) is 28.8 Å². The maximum Gasteiger partial charge on any atom is 0.513 e. The van der Waals surface area contributed by atoms with Gasteiger partial charge in [-0.05, 0) is 30.2 Å². The Morgan fingerprint density at radius 1 is 0.885 bits per heavy atom. The summed E-state index contributed by atoms with van der Waals surface area (Å²) in [4.78, 5) is 24.1. The van der Waals surface area contributed by atoms with E-state index in [9.17, 15) is 9.59 Å². The van der Waals surface area contributed by atoms with Crippen LogP contribution in [0.4, 0.5) is 4.79 Å². The van der Waals surface area contributed by atoms with Gasteiger partial charge >= 0.3 is 12.1 Å². The number of benzene rings is 1. The topological polar surface area (TPSA) is 61.8 Å². The van der Waals surface area contributed by atoms with Gasteiger partial charge < -0.3 is 14.2 Å². The highest BCUT2D eigenvalue weighted by Crippen LogP contribution is 2.39. The minimum Gasteiger partial charge on any atom is -0.466 e. The van der Waals surface area contributed by atoms with Gasteiger partial charge in [-0.15, -0.1) is 0 Å². The monoisotopic (exact) mass is 364 g/mol. The highest BCUT2D eigenvalue weighted by Gasteiger charge is 2.28. The zero-order valence-electron chi connectivity index (χ0n) is 17.3. The SMILES string of the molecule is CCOC(=O)Cc1cc(C(C)(C)C)cc(C(C)(C)C)c1OC(=O)OCC. The van der Waals surface area contributed by atoms with E-state index in [4.69, 9.17) is 14.2 Å². The van der Waals surface area contributed by atoms with Gasteiger partial charge in [-0.1, -0.05) is 53.7 Å². The molecule has 0 atom stereocenters. The van der Waals surface area contributed by atoms with E-state index in [1.54, 1.807) is 13.8 Å². The van der Waals surface area contributed by atoms with Crippen molar-refractivity contribution in [3.63, 3.8) is 0 Å². The van der Waals surface area contributed by atoms with Crippen LogP contribution in [0.1, 0.15) is 72.1 Å². The van der Waals surface area contributed by atoms with Crippen molar-refractivity contribution < 1.29 is 23.8 Å². The fourth-order valence-corrected chi connectivity index (χ4v) is 2.53. The van der Waals surface area contributed by atoms with E-state index in [-0.39, 0.29) is 29.8 Å². The Morgan fingerprint density at radius 3 is 1.92 bits per heavy atom. The molecule has 0 aromatic heterocycles. The second-order valence-electron chi connectivity index (χ2n) is 8.28. The van der Waals surface area contributed by atoms with E-state index in [0.717, 1.165) is 11.1 Å². The van der Waals surface area contributed by atoms with Crippen LogP contribution in [0, 0.1) is 0 Å². The molecule has 0 fully saturated rings. The Labute approximate surface area is 157 Å². The maximum atomic E-state index is 12.1. The molecule has 1 aromatic rings. The Kier molecular flexibility index (Phi) is 7.25. The summed E-state index contributed by atoms with van der Waals surface area (Å²) in [5.74, 6) is 0.0316. The summed E-state index contributed by atoms with van der Waals surface area (Å²) in [5, 5.41) is 0. The van der Waals surface area contributed by atoms with Crippen molar-refractivity contribution in [1.29, 1.82) is 0 Å². The molecule has 0 unspecified atom stereocenters. The van der Waals surface area contributed by atoms with Crippen molar-refractivity contribution in [2.24, 2.45) is 0 Å². The second kappa shape index (κ2) is 8.56. The van der Waals surface area contributed by atoms with Gasteiger partial charge in [-0.2, -0.15) is 0 Å². The number of hydrogen-bond acceptors (Lipinski definition) is 5. The average molecular weight is 364 g/mol. The number of rotatable bonds is 5. The standard InChI is InChI=1S/C21H32O5/c1-9-24-17(22)12-14-11-15(20(3,4)5)13-16(21(6,7)8)18(14)26-19(23)25-10-2/h11,13H,9-10,12H2,1-8H3. The van der Waals surface area contributed by atoms with Crippen molar-refractivity contribution in [2.75, 3.05) is 13.2 Å². The minimum absolute atomic E-state index is 0.0373. The van der Waals surface area contributed by atoms with E-state index < -0.39 is 6.16 Å². The van der Waals surface area contributed by atoms with Crippen LogP contribution in [-0.2, 0) is 31.5 Å². The zero-order valence-corrected chi connectivity index (χ0v) is 17.3. The van der Waals surface area contributed by atoms with Crippen LogP contribution < -0.4 is 4.74 Å². The summed E-state index contributed by atoms with van der Waals surface area (Å²) < 4.78 is 15.6. The predicted molar refractivity (Wildman–Crippen MR) is 102 cm³/mol.